The van der Waals surface area contributed by atoms with Gasteiger partial charge in [0.25, 0.3) is 0 Å². The Bertz CT molecular complexity index is 1090. The van der Waals surface area contributed by atoms with Gasteiger partial charge in [-0.1, -0.05) is 74.5 Å². The largest absolute Gasteiger partial charge is 0.481 e. The van der Waals surface area contributed by atoms with Crippen molar-refractivity contribution >= 4 is 18.0 Å². The Labute approximate surface area is 205 Å². The molecule has 0 saturated heterocycles. The van der Waals surface area contributed by atoms with Crippen LogP contribution in [0.25, 0.3) is 11.1 Å². The highest BCUT2D eigenvalue weighted by atomic mass is 16.5. The van der Waals surface area contributed by atoms with Crippen molar-refractivity contribution in [2.75, 3.05) is 13.2 Å². The zero-order valence-electron chi connectivity index (χ0n) is 20.1. The first kappa shape index (κ1) is 24.5. The van der Waals surface area contributed by atoms with E-state index in [-0.39, 0.29) is 31.0 Å². The first-order chi connectivity index (χ1) is 16.9. The maximum Gasteiger partial charge on any atom is 0.407 e. The van der Waals surface area contributed by atoms with E-state index in [4.69, 9.17) is 4.74 Å². The van der Waals surface area contributed by atoms with E-state index in [1.807, 2.05) is 38.1 Å². The molecule has 0 fully saturated rings. The molecule has 0 aliphatic heterocycles. The van der Waals surface area contributed by atoms with Crippen molar-refractivity contribution in [3.05, 3.63) is 71.8 Å². The summed E-state index contributed by atoms with van der Waals surface area (Å²) in [6.45, 7) is 4.17. The van der Waals surface area contributed by atoms with E-state index in [0.29, 0.717) is 19.3 Å². The van der Waals surface area contributed by atoms with E-state index >= 15 is 0 Å². The van der Waals surface area contributed by atoms with Gasteiger partial charge in [0.15, 0.2) is 0 Å². The van der Waals surface area contributed by atoms with Crippen LogP contribution in [0.3, 0.4) is 0 Å². The van der Waals surface area contributed by atoms with Gasteiger partial charge in [0.1, 0.15) is 6.61 Å². The Hall–Kier alpha value is -3.61. The van der Waals surface area contributed by atoms with Crippen LogP contribution in [0.4, 0.5) is 4.79 Å². The molecule has 2 aromatic carbocycles. The number of fused-ring (bicyclic) bond motifs is 3. The van der Waals surface area contributed by atoms with Crippen molar-refractivity contribution in [1.82, 2.24) is 10.6 Å². The van der Waals surface area contributed by atoms with Crippen molar-refractivity contribution in [3.8, 4) is 11.1 Å². The standard InChI is InChI=1S/C28H32N2O5/c1-3-28(4-2,26(33)30-19-14-13-18(15-19)25(31)32)17-29-27(34)35-16-24-22-11-7-5-9-20(22)21-10-6-8-12-23(21)24/h5-14,18-19,24H,3-4,15-17H2,1-2H3,(H,29,34)(H,30,33)(H,31,32). The van der Waals surface area contributed by atoms with E-state index in [9.17, 15) is 19.5 Å². The smallest absolute Gasteiger partial charge is 0.407 e. The fourth-order valence-electron chi connectivity index (χ4n) is 5.10. The van der Waals surface area contributed by atoms with Crippen LogP contribution >= 0.6 is 0 Å². The first-order valence-corrected chi connectivity index (χ1v) is 12.2. The number of carbonyl (C=O) groups is 3. The number of amides is 2. The highest BCUT2D eigenvalue weighted by Gasteiger charge is 2.38. The number of carboxylic acid groups (broad SMARTS) is 1. The lowest BCUT2D eigenvalue weighted by Crippen LogP contribution is -2.50. The molecule has 0 bridgehead atoms. The van der Waals surface area contributed by atoms with Crippen LogP contribution in [0.5, 0.6) is 0 Å². The second-order valence-corrected chi connectivity index (χ2v) is 9.31. The van der Waals surface area contributed by atoms with Crippen LogP contribution in [0, 0.1) is 11.3 Å². The third-order valence-electron chi connectivity index (χ3n) is 7.47. The molecular formula is C28H32N2O5. The molecule has 35 heavy (non-hydrogen) atoms. The molecule has 2 atom stereocenters. The second-order valence-electron chi connectivity index (χ2n) is 9.31. The lowest BCUT2D eigenvalue weighted by molar-refractivity contribution is -0.140. The molecule has 2 unspecified atom stereocenters. The minimum absolute atomic E-state index is 0.0325. The summed E-state index contributed by atoms with van der Waals surface area (Å²) in [4.78, 5) is 37.0. The lowest BCUT2D eigenvalue weighted by atomic mass is 9.81. The van der Waals surface area contributed by atoms with Crippen LogP contribution in [0.1, 0.15) is 50.2 Å². The predicted molar refractivity (Wildman–Crippen MR) is 133 cm³/mol. The van der Waals surface area contributed by atoms with Gasteiger partial charge in [-0.15, -0.1) is 0 Å². The maximum atomic E-state index is 13.1. The molecule has 3 N–H and O–H groups in total. The van der Waals surface area contributed by atoms with Crippen molar-refractivity contribution in [2.45, 2.75) is 45.1 Å². The number of rotatable bonds is 9. The Morgan fingerprint density at radius 1 is 0.971 bits per heavy atom. The van der Waals surface area contributed by atoms with E-state index in [2.05, 4.69) is 34.9 Å². The van der Waals surface area contributed by atoms with Crippen molar-refractivity contribution in [1.29, 1.82) is 0 Å². The van der Waals surface area contributed by atoms with Crippen LogP contribution in [-0.2, 0) is 14.3 Å². The average molecular weight is 477 g/mol. The zero-order chi connectivity index (χ0) is 25.0. The summed E-state index contributed by atoms with van der Waals surface area (Å²) in [7, 11) is 0. The van der Waals surface area contributed by atoms with Gasteiger partial charge in [0, 0.05) is 18.5 Å². The SMILES string of the molecule is CCC(CC)(CNC(=O)OCC1c2ccccc2-c2ccccc21)C(=O)NC1C=CC(C(=O)O)C1. The van der Waals surface area contributed by atoms with E-state index in [1.165, 1.54) is 0 Å². The normalized spacial score (nSPS) is 18.6. The summed E-state index contributed by atoms with van der Waals surface area (Å²) in [5, 5.41) is 14.9. The van der Waals surface area contributed by atoms with Crippen molar-refractivity contribution in [3.63, 3.8) is 0 Å². The molecule has 4 rings (SSSR count). The molecule has 2 aliphatic rings. The molecule has 0 aromatic heterocycles. The van der Waals surface area contributed by atoms with Gasteiger partial charge in [-0.2, -0.15) is 0 Å². The number of nitrogens with one attached hydrogen (secondary N) is 2. The number of aliphatic carboxylic acids is 1. The molecule has 0 heterocycles. The maximum absolute atomic E-state index is 13.1. The molecule has 2 aliphatic carbocycles. The van der Waals surface area contributed by atoms with Crippen molar-refractivity contribution < 1.29 is 24.2 Å². The van der Waals surface area contributed by atoms with Gasteiger partial charge >= 0.3 is 12.1 Å². The minimum atomic E-state index is -0.896. The fraction of sp³-hybridized carbons (Fsp3) is 0.393. The quantitative estimate of drug-likeness (QED) is 0.463. The predicted octanol–water partition coefficient (Wildman–Crippen LogP) is 4.48. The number of benzene rings is 2. The van der Waals surface area contributed by atoms with Crippen LogP contribution in [0.15, 0.2) is 60.7 Å². The fourth-order valence-corrected chi connectivity index (χ4v) is 5.10. The molecule has 0 radical (unpaired) electrons. The number of hydrogen-bond acceptors (Lipinski definition) is 4. The highest BCUT2D eigenvalue weighted by molar-refractivity contribution is 5.84. The molecule has 184 valence electrons. The highest BCUT2D eigenvalue weighted by Crippen LogP contribution is 2.44. The second kappa shape index (κ2) is 10.3. The number of ether oxygens (including phenoxy) is 1. The summed E-state index contributed by atoms with van der Waals surface area (Å²) in [5.41, 5.74) is 3.80. The number of hydrogen-bond donors (Lipinski definition) is 3. The molecule has 0 spiro atoms. The summed E-state index contributed by atoms with van der Waals surface area (Å²) >= 11 is 0. The number of carboxylic acids is 1. The number of alkyl carbamates (subject to hydrolysis) is 1. The third-order valence-corrected chi connectivity index (χ3v) is 7.47. The molecule has 7 heteroatoms. The Kier molecular flexibility index (Phi) is 7.24. The Balaban J connectivity index is 1.35. The summed E-state index contributed by atoms with van der Waals surface area (Å²) < 4.78 is 5.62. The van der Waals surface area contributed by atoms with Gasteiger partial charge in [0.05, 0.1) is 11.3 Å². The Morgan fingerprint density at radius 3 is 2.11 bits per heavy atom. The summed E-state index contributed by atoms with van der Waals surface area (Å²) in [5.74, 6) is -1.71. The van der Waals surface area contributed by atoms with E-state index in [0.717, 1.165) is 22.3 Å². The summed E-state index contributed by atoms with van der Waals surface area (Å²) in [6, 6.07) is 16.0. The van der Waals surface area contributed by atoms with Gasteiger partial charge < -0.3 is 20.5 Å². The minimum Gasteiger partial charge on any atom is -0.481 e. The average Bonchev–Trinajstić information content (AvgIpc) is 3.47. The van der Waals surface area contributed by atoms with Gasteiger partial charge in [-0.3, -0.25) is 9.59 Å². The van der Waals surface area contributed by atoms with Gasteiger partial charge in [-0.25, -0.2) is 4.79 Å². The van der Waals surface area contributed by atoms with Crippen molar-refractivity contribution in [2.24, 2.45) is 11.3 Å². The third kappa shape index (κ3) is 4.94. The lowest BCUT2D eigenvalue weighted by Gasteiger charge is -2.31. The zero-order valence-corrected chi connectivity index (χ0v) is 20.1. The topological polar surface area (TPSA) is 105 Å². The van der Waals surface area contributed by atoms with Gasteiger partial charge in [-0.05, 0) is 41.5 Å². The van der Waals surface area contributed by atoms with Gasteiger partial charge in [0.2, 0.25) is 5.91 Å². The molecule has 0 saturated carbocycles. The molecular weight excluding hydrogens is 444 g/mol. The first-order valence-electron chi connectivity index (χ1n) is 12.2. The van der Waals surface area contributed by atoms with E-state index < -0.39 is 23.4 Å². The molecule has 2 amide bonds. The Morgan fingerprint density at radius 2 is 1.57 bits per heavy atom. The molecule has 7 nitrogen and oxygen atoms in total. The van der Waals surface area contributed by atoms with Crippen LogP contribution < -0.4 is 10.6 Å². The molecule has 2 aromatic rings. The summed E-state index contributed by atoms with van der Waals surface area (Å²) in [6.07, 6.45) is 4.17. The van der Waals surface area contributed by atoms with E-state index in [1.54, 1.807) is 12.2 Å². The van der Waals surface area contributed by atoms with Crippen LogP contribution in [-0.4, -0.2) is 42.3 Å². The van der Waals surface area contributed by atoms with Crippen LogP contribution in [0.2, 0.25) is 0 Å². The monoisotopic (exact) mass is 476 g/mol. The number of carbonyl (C=O) groups excluding carboxylic acids is 2.